The molecule has 4 nitrogen and oxygen atoms in total. The zero-order valence-corrected chi connectivity index (χ0v) is 15.0. The van der Waals surface area contributed by atoms with Crippen LogP contribution in [0.1, 0.15) is 56.9 Å². The Balaban J connectivity index is 1.74. The number of rotatable bonds is 3. The number of benzene rings is 1. The Morgan fingerprint density at radius 1 is 0.808 bits per heavy atom. The van der Waals surface area contributed by atoms with Crippen molar-refractivity contribution in [3.63, 3.8) is 0 Å². The molecule has 3 aliphatic rings. The molecule has 1 saturated carbocycles. The lowest BCUT2D eigenvalue weighted by Crippen LogP contribution is -2.44. The Morgan fingerprint density at radius 3 is 2.08 bits per heavy atom. The van der Waals surface area contributed by atoms with Crippen LogP contribution in [-0.2, 0) is 9.59 Å². The van der Waals surface area contributed by atoms with Crippen LogP contribution >= 0.6 is 0 Å². The van der Waals surface area contributed by atoms with E-state index >= 15 is 0 Å². The van der Waals surface area contributed by atoms with Crippen LogP contribution in [0, 0.1) is 5.82 Å². The predicted molar refractivity (Wildman–Crippen MR) is 97.5 cm³/mol. The number of hydrogen-bond donors (Lipinski definition) is 0. The lowest BCUT2D eigenvalue weighted by atomic mass is 9.94. The van der Waals surface area contributed by atoms with Gasteiger partial charge in [0.1, 0.15) is 11.5 Å². The normalized spacial score (nSPS) is 22.5. The first-order chi connectivity index (χ1) is 12.7. The Bertz CT molecular complexity index is 729. The smallest absolute Gasteiger partial charge is 0.278 e. The Morgan fingerprint density at radius 2 is 1.42 bits per heavy atom. The molecule has 4 rings (SSSR count). The molecule has 2 heterocycles. The fourth-order valence-corrected chi connectivity index (χ4v) is 4.49. The summed E-state index contributed by atoms with van der Waals surface area (Å²) in [6.45, 7) is 1.61. The highest BCUT2D eigenvalue weighted by Crippen LogP contribution is 2.36. The summed E-state index contributed by atoms with van der Waals surface area (Å²) >= 11 is 0. The lowest BCUT2D eigenvalue weighted by molar-refractivity contribution is -0.141. The highest BCUT2D eigenvalue weighted by Gasteiger charge is 2.44. The number of carbonyl (C=O) groups excluding carboxylic acids is 2. The molecular weight excluding hydrogens is 331 g/mol. The van der Waals surface area contributed by atoms with Gasteiger partial charge in [0.05, 0.1) is 5.57 Å². The van der Waals surface area contributed by atoms with Gasteiger partial charge in [0.25, 0.3) is 11.8 Å². The van der Waals surface area contributed by atoms with Gasteiger partial charge in [-0.1, -0.05) is 31.4 Å². The molecule has 0 aromatic heterocycles. The van der Waals surface area contributed by atoms with Crippen molar-refractivity contribution in [3.05, 3.63) is 41.3 Å². The number of hydrogen-bond acceptors (Lipinski definition) is 3. The number of halogens is 1. The van der Waals surface area contributed by atoms with Crippen LogP contribution in [0.4, 0.5) is 4.39 Å². The van der Waals surface area contributed by atoms with E-state index in [0.717, 1.165) is 58.0 Å². The summed E-state index contributed by atoms with van der Waals surface area (Å²) < 4.78 is 13.4. The molecule has 1 aromatic rings. The molecule has 0 atom stereocenters. The third-order valence-electron chi connectivity index (χ3n) is 5.84. The largest absolute Gasteiger partial charge is 0.366 e. The Hall–Kier alpha value is -2.17. The van der Waals surface area contributed by atoms with Crippen LogP contribution in [0.5, 0.6) is 0 Å². The maximum absolute atomic E-state index is 13.4. The third kappa shape index (κ3) is 3.04. The second kappa shape index (κ2) is 7.22. The van der Waals surface area contributed by atoms with Crippen molar-refractivity contribution >= 4 is 17.4 Å². The van der Waals surface area contributed by atoms with Gasteiger partial charge in [0.2, 0.25) is 0 Å². The summed E-state index contributed by atoms with van der Waals surface area (Å²) in [6, 6.07) is 5.95. The Kier molecular flexibility index (Phi) is 4.79. The van der Waals surface area contributed by atoms with Crippen molar-refractivity contribution in [1.29, 1.82) is 0 Å². The van der Waals surface area contributed by atoms with Crippen LogP contribution in [-0.4, -0.2) is 40.7 Å². The maximum Gasteiger partial charge on any atom is 0.278 e. The molecule has 0 N–H and O–H groups in total. The van der Waals surface area contributed by atoms with Crippen LogP contribution in [0.15, 0.2) is 30.0 Å². The number of imide groups is 1. The molecule has 0 bridgehead atoms. The first kappa shape index (κ1) is 17.3. The summed E-state index contributed by atoms with van der Waals surface area (Å²) in [4.78, 5) is 30.2. The number of nitrogens with zero attached hydrogens (tertiary/aromatic N) is 2. The fourth-order valence-electron chi connectivity index (χ4n) is 4.49. The first-order valence-corrected chi connectivity index (χ1v) is 9.80. The molecule has 0 radical (unpaired) electrons. The van der Waals surface area contributed by atoms with Gasteiger partial charge in [-0.25, -0.2) is 4.39 Å². The minimum absolute atomic E-state index is 0.00138. The number of carbonyl (C=O) groups is 2. The summed E-state index contributed by atoms with van der Waals surface area (Å²) in [5.74, 6) is -0.688. The van der Waals surface area contributed by atoms with Crippen LogP contribution in [0.25, 0.3) is 5.57 Å². The van der Waals surface area contributed by atoms with E-state index < -0.39 is 0 Å². The number of amides is 2. The molecule has 0 unspecified atom stereocenters. The third-order valence-corrected chi connectivity index (χ3v) is 5.84. The van der Waals surface area contributed by atoms with Gasteiger partial charge in [-0.3, -0.25) is 14.5 Å². The molecule has 5 heteroatoms. The van der Waals surface area contributed by atoms with E-state index in [1.54, 1.807) is 12.1 Å². The molecule has 1 aliphatic carbocycles. The van der Waals surface area contributed by atoms with Crippen LogP contribution in [0.2, 0.25) is 0 Å². The molecular formula is C21H25FN2O2. The number of piperidine rings is 1. The quantitative estimate of drug-likeness (QED) is 0.775. The molecule has 2 amide bonds. The highest BCUT2D eigenvalue weighted by atomic mass is 19.1. The van der Waals surface area contributed by atoms with Gasteiger partial charge in [0, 0.05) is 19.1 Å². The summed E-state index contributed by atoms with van der Waals surface area (Å²) in [6.07, 6.45) is 8.30. The zero-order chi connectivity index (χ0) is 18.1. The van der Waals surface area contributed by atoms with E-state index in [0.29, 0.717) is 16.8 Å². The monoisotopic (exact) mass is 356 g/mol. The topological polar surface area (TPSA) is 40.6 Å². The summed E-state index contributed by atoms with van der Waals surface area (Å²) in [5.41, 5.74) is 1.64. The predicted octanol–water partition coefficient (Wildman–Crippen LogP) is 3.72. The van der Waals surface area contributed by atoms with Gasteiger partial charge in [-0.05, 0) is 49.8 Å². The van der Waals surface area contributed by atoms with Gasteiger partial charge in [-0.2, -0.15) is 0 Å². The average Bonchev–Trinajstić information content (AvgIpc) is 2.94. The van der Waals surface area contributed by atoms with E-state index in [-0.39, 0.29) is 23.7 Å². The van der Waals surface area contributed by atoms with Gasteiger partial charge in [0.15, 0.2) is 0 Å². The van der Waals surface area contributed by atoms with Gasteiger partial charge < -0.3 is 4.90 Å². The van der Waals surface area contributed by atoms with E-state index in [1.807, 2.05) is 0 Å². The molecule has 0 spiro atoms. The first-order valence-electron chi connectivity index (χ1n) is 9.80. The Labute approximate surface area is 153 Å². The summed E-state index contributed by atoms with van der Waals surface area (Å²) in [5, 5.41) is 0. The molecule has 2 fully saturated rings. The van der Waals surface area contributed by atoms with Gasteiger partial charge in [-0.15, -0.1) is 0 Å². The number of likely N-dealkylation sites (tertiary alicyclic amines) is 1. The second-order valence-corrected chi connectivity index (χ2v) is 7.55. The van der Waals surface area contributed by atoms with Gasteiger partial charge >= 0.3 is 0 Å². The van der Waals surface area contributed by atoms with Crippen molar-refractivity contribution in [2.45, 2.75) is 57.4 Å². The van der Waals surface area contributed by atoms with Crippen molar-refractivity contribution in [3.8, 4) is 0 Å². The summed E-state index contributed by atoms with van der Waals surface area (Å²) in [7, 11) is 0. The molecule has 2 aliphatic heterocycles. The SMILES string of the molecule is O=C1C(c2ccc(F)cc2)=C(N2CCCCC2)C(=O)N1C1CCCCC1. The fraction of sp³-hybridized carbons (Fsp3) is 0.524. The van der Waals surface area contributed by atoms with Crippen molar-refractivity contribution in [2.24, 2.45) is 0 Å². The standard InChI is InChI=1S/C21H25FN2O2/c22-16-11-9-15(10-12-16)18-19(23-13-5-2-6-14-23)21(26)24(20(18)25)17-7-3-1-4-8-17/h9-12,17H,1-8,13-14H2. The van der Waals surface area contributed by atoms with Crippen molar-refractivity contribution in [1.82, 2.24) is 9.80 Å². The molecule has 138 valence electrons. The van der Waals surface area contributed by atoms with Crippen LogP contribution < -0.4 is 0 Å². The zero-order valence-electron chi connectivity index (χ0n) is 15.0. The highest BCUT2D eigenvalue weighted by molar-refractivity contribution is 6.35. The van der Waals surface area contributed by atoms with E-state index in [9.17, 15) is 14.0 Å². The van der Waals surface area contributed by atoms with E-state index in [1.165, 1.54) is 23.5 Å². The molecule has 26 heavy (non-hydrogen) atoms. The second-order valence-electron chi connectivity index (χ2n) is 7.55. The lowest BCUT2D eigenvalue weighted by Gasteiger charge is -2.32. The van der Waals surface area contributed by atoms with E-state index in [4.69, 9.17) is 0 Å². The minimum Gasteiger partial charge on any atom is -0.366 e. The van der Waals surface area contributed by atoms with E-state index in [2.05, 4.69) is 4.90 Å². The minimum atomic E-state index is -0.338. The maximum atomic E-state index is 13.4. The van der Waals surface area contributed by atoms with Crippen molar-refractivity contribution < 1.29 is 14.0 Å². The average molecular weight is 356 g/mol. The molecule has 1 aromatic carbocycles. The molecule has 1 saturated heterocycles. The van der Waals surface area contributed by atoms with Crippen molar-refractivity contribution in [2.75, 3.05) is 13.1 Å². The van der Waals surface area contributed by atoms with Crippen LogP contribution in [0.3, 0.4) is 0 Å².